The van der Waals surface area contributed by atoms with Crippen molar-refractivity contribution in [3.05, 3.63) is 0 Å². The molecule has 1 aliphatic rings. The second-order valence-corrected chi connectivity index (χ2v) is 5.24. The van der Waals surface area contributed by atoms with Crippen molar-refractivity contribution in [1.82, 2.24) is 15.1 Å². The molecule has 0 aromatic heterocycles. The molecule has 0 bridgehead atoms. The average molecular weight is 269 g/mol. The van der Waals surface area contributed by atoms with Gasteiger partial charge in [-0.25, -0.2) is 4.79 Å². The third kappa shape index (κ3) is 5.09. The Morgan fingerprint density at radius 3 is 2.58 bits per heavy atom. The van der Waals surface area contributed by atoms with Crippen LogP contribution in [0.15, 0.2) is 0 Å². The monoisotopic (exact) mass is 269 g/mol. The number of urea groups is 1. The van der Waals surface area contributed by atoms with Crippen LogP contribution in [-0.4, -0.2) is 54.5 Å². The standard InChI is InChI=1S/C14H27N3O2/c1-4-16(5-2)13(18)8-9-15-14(19)17-10-6-7-12(3)11-17/h12H,4-11H2,1-3H3,(H,15,19). The second kappa shape index (κ2) is 8.02. The second-order valence-electron chi connectivity index (χ2n) is 5.24. The van der Waals surface area contributed by atoms with Crippen molar-refractivity contribution in [3.8, 4) is 0 Å². The summed E-state index contributed by atoms with van der Waals surface area (Å²) in [5, 5.41) is 2.85. The minimum Gasteiger partial charge on any atom is -0.343 e. The molecular formula is C14H27N3O2. The van der Waals surface area contributed by atoms with Gasteiger partial charge in [0.1, 0.15) is 0 Å². The third-order valence-electron chi connectivity index (χ3n) is 3.68. The number of piperidine rings is 1. The first-order valence-corrected chi connectivity index (χ1v) is 7.39. The Morgan fingerprint density at radius 1 is 1.32 bits per heavy atom. The highest BCUT2D eigenvalue weighted by molar-refractivity contribution is 5.78. The minimum atomic E-state index is -0.0288. The summed E-state index contributed by atoms with van der Waals surface area (Å²) >= 11 is 0. The lowest BCUT2D eigenvalue weighted by Gasteiger charge is -2.31. The van der Waals surface area contributed by atoms with Crippen LogP contribution in [0.4, 0.5) is 4.79 Å². The maximum Gasteiger partial charge on any atom is 0.317 e. The van der Waals surface area contributed by atoms with Gasteiger partial charge in [0.2, 0.25) is 5.91 Å². The van der Waals surface area contributed by atoms with Gasteiger partial charge in [0.25, 0.3) is 0 Å². The van der Waals surface area contributed by atoms with Gasteiger partial charge in [0.15, 0.2) is 0 Å². The molecule has 0 radical (unpaired) electrons. The molecule has 1 heterocycles. The number of nitrogens with zero attached hydrogens (tertiary/aromatic N) is 2. The fourth-order valence-corrected chi connectivity index (χ4v) is 2.50. The molecule has 3 amide bonds. The fourth-order valence-electron chi connectivity index (χ4n) is 2.50. The zero-order valence-electron chi connectivity index (χ0n) is 12.4. The van der Waals surface area contributed by atoms with E-state index in [0.29, 0.717) is 18.9 Å². The van der Waals surface area contributed by atoms with Crippen LogP contribution >= 0.6 is 0 Å². The van der Waals surface area contributed by atoms with E-state index < -0.39 is 0 Å². The quantitative estimate of drug-likeness (QED) is 0.825. The molecule has 5 heteroatoms. The normalized spacial score (nSPS) is 19.1. The van der Waals surface area contributed by atoms with E-state index >= 15 is 0 Å². The largest absolute Gasteiger partial charge is 0.343 e. The van der Waals surface area contributed by atoms with Gasteiger partial charge in [-0.15, -0.1) is 0 Å². The van der Waals surface area contributed by atoms with Gasteiger partial charge in [-0.05, 0) is 32.6 Å². The number of hydrogen-bond donors (Lipinski definition) is 1. The first-order valence-electron chi connectivity index (χ1n) is 7.39. The Balaban J connectivity index is 2.25. The Hall–Kier alpha value is -1.26. The summed E-state index contributed by atoms with van der Waals surface area (Å²) in [5.74, 6) is 0.689. The van der Waals surface area contributed by atoms with Gasteiger partial charge in [-0.3, -0.25) is 4.79 Å². The summed E-state index contributed by atoms with van der Waals surface area (Å²) in [6.07, 6.45) is 2.66. The van der Waals surface area contributed by atoms with Crippen LogP contribution in [0.5, 0.6) is 0 Å². The van der Waals surface area contributed by atoms with Gasteiger partial charge in [0.05, 0.1) is 0 Å². The molecule has 0 saturated carbocycles. The summed E-state index contributed by atoms with van der Waals surface area (Å²) in [6, 6.07) is -0.0288. The summed E-state index contributed by atoms with van der Waals surface area (Å²) in [4.78, 5) is 27.3. The van der Waals surface area contributed by atoms with Crippen LogP contribution in [-0.2, 0) is 4.79 Å². The molecule has 1 aliphatic heterocycles. The van der Waals surface area contributed by atoms with E-state index in [0.717, 1.165) is 32.6 Å². The van der Waals surface area contributed by atoms with Crippen LogP contribution in [0.2, 0.25) is 0 Å². The van der Waals surface area contributed by atoms with E-state index in [1.54, 1.807) is 4.90 Å². The van der Waals surface area contributed by atoms with Crippen molar-refractivity contribution in [2.24, 2.45) is 5.92 Å². The maximum absolute atomic E-state index is 11.9. The van der Waals surface area contributed by atoms with Gasteiger partial charge >= 0.3 is 6.03 Å². The first kappa shape index (κ1) is 15.8. The SMILES string of the molecule is CCN(CC)C(=O)CCNC(=O)N1CCCC(C)C1. The molecule has 1 rings (SSSR count). The van der Waals surface area contributed by atoms with Crippen molar-refractivity contribution < 1.29 is 9.59 Å². The first-order chi connectivity index (χ1) is 9.08. The number of likely N-dealkylation sites (tertiary alicyclic amines) is 1. The van der Waals surface area contributed by atoms with Crippen molar-refractivity contribution >= 4 is 11.9 Å². The zero-order chi connectivity index (χ0) is 14.3. The molecule has 0 aliphatic carbocycles. The van der Waals surface area contributed by atoms with Crippen molar-refractivity contribution in [3.63, 3.8) is 0 Å². The molecule has 1 fully saturated rings. The van der Waals surface area contributed by atoms with Crippen molar-refractivity contribution in [2.75, 3.05) is 32.7 Å². The third-order valence-corrected chi connectivity index (χ3v) is 3.68. The van der Waals surface area contributed by atoms with Crippen LogP contribution in [0.25, 0.3) is 0 Å². The number of nitrogens with one attached hydrogen (secondary N) is 1. The van der Waals surface area contributed by atoms with Gasteiger partial charge in [0, 0.05) is 39.1 Å². The predicted octanol–water partition coefficient (Wildman–Crippen LogP) is 1.69. The highest BCUT2D eigenvalue weighted by Crippen LogP contribution is 2.15. The molecule has 1 N–H and O–H groups in total. The maximum atomic E-state index is 11.9. The van der Waals surface area contributed by atoms with E-state index in [1.807, 2.05) is 18.7 Å². The topological polar surface area (TPSA) is 52.7 Å². The zero-order valence-corrected chi connectivity index (χ0v) is 12.4. The van der Waals surface area contributed by atoms with E-state index in [2.05, 4.69) is 12.2 Å². The lowest BCUT2D eigenvalue weighted by molar-refractivity contribution is -0.130. The van der Waals surface area contributed by atoms with E-state index in [-0.39, 0.29) is 11.9 Å². The molecule has 1 saturated heterocycles. The summed E-state index contributed by atoms with van der Waals surface area (Å²) in [7, 11) is 0. The Morgan fingerprint density at radius 2 is 2.00 bits per heavy atom. The lowest BCUT2D eigenvalue weighted by Crippen LogP contribution is -2.46. The Labute approximate surface area is 116 Å². The average Bonchev–Trinajstić information content (AvgIpc) is 2.40. The van der Waals surface area contributed by atoms with E-state index in [4.69, 9.17) is 0 Å². The number of carbonyl (C=O) groups is 2. The summed E-state index contributed by atoms with van der Waals surface area (Å²) in [5.41, 5.74) is 0. The smallest absolute Gasteiger partial charge is 0.317 e. The van der Waals surface area contributed by atoms with Crippen LogP contribution in [0.3, 0.4) is 0 Å². The Kier molecular flexibility index (Phi) is 6.67. The molecule has 19 heavy (non-hydrogen) atoms. The highest BCUT2D eigenvalue weighted by atomic mass is 16.2. The number of amides is 3. The molecule has 0 spiro atoms. The lowest BCUT2D eigenvalue weighted by atomic mass is 10.0. The molecular weight excluding hydrogens is 242 g/mol. The molecule has 5 nitrogen and oxygen atoms in total. The molecule has 1 unspecified atom stereocenters. The van der Waals surface area contributed by atoms with Crippen LogP contribution in [0.1, 0.15) is 40.0 Å². The molecule has 110 valence electrons. The summed E-state index contributed by atoms with van der Waals surface area (Å²) < 4.78 is 0. The van der Waals surface area contributed by atoms with Gasteiger partial charge in [-0.1, -0.05) is 6.92 Å². The molecule has 0 aromatic carbocycles. The predicted molar refractivity (Wildman–Crippen MR) is 75.9 cm³/mol. The number of rotatable bonds is 5. The van der Waals surface area contributed by atoms with Crippen LogP contribution in [0, 0.1) is 5.92 Å². The number of hydrogen-bond acceptors (Lipinski definition) is 2. The van der Waals surface area contributed by atoms with Crippen molar-refractivity contribution in [1.29, 1.82) is 0 Å². The van der Waals surface area contributed by atoms with Crippen molar-refractivity contribution in [2.45, 2.75) is 40.0 Å². The van der Waals surface area contributed by atoms with E-state index in [9.17, 15) is 9.59 Å². The van der Waals surface area contributed by atoms with Gasteiger partial charge in [-0.2, -0.15) is 0 Å². The van der Waals surface area contributed by atoms with Crippen LogP contribution < -0.4 is 5.32 Å². The fraction of sp³-hybridized carbons (Fsp3) is 0.857. The molecule has 0 aromatic rings. The summed E-state index contributed by atoms with van der Waals surface area (Å²) in [6.45, 7) is 9.66. The Bertz CT molecular complexity index is 303. The van der Waals surface area contributed by atoms with Gasteiger partial charge < -0.3 is 15.1 Å². The minimum absolute atomic E-state index is 0.0288. The molecule has 1 atom stereocenters. The van der Waals surface area contributed by atoms with E-state index in [1.165, 1.54) is 6.42 Å². The number of carbonyl (C=O) groups excluding carboxylic acids is 2. The highest BCUT2D eigenvalue weighted by Gasteiger charge is 2.20.